The molecule has 1 amide bonds. The van der Waals surface area contributed by atoms with Crippen LogP contribution in [0.5, 0.6) is 0 Å². The summed E-state index contributed by atoms with van der Waals surface area (Å²) < 4.78 is 19.6. The van der Waals surface area contributed by atoms with E-state index in [0.717, 1.165) is 5.56 Å². The Labute approximate surface area is 279 Å². The first-order chi connectivity index (χ1) is 22.3. The zero-order valence-electron chi connectivity index (χ0n) is 28.6. The van der Waals surface area contributed by atoms with Gasteiger partial charge in [0.1, 0.15) is 23.5 Å². The zero-order chi connectivity index (χ0) is 34.5. The number of aromatic nitrogens is 3. The second-order valence-corrected chi connectivity index (χ2v) is 13.2. The van der Waals surface area contributed by atoms with Gasteiger partial charge in [-0.2, -0.15) is 0 Å². The number of fused-ring (bicyclic) bond motifs is 1. The lowest BCUT2D eigenvalue weighted by Gasteiger charge is -2.40. The molecule has 12 nitrogen and oxygen atoms in total. The van der Waals surface area contributed by atoms with Crippen LogP contribution in [-0.4, -0.2) is 95.2 Å². The predicted molar refractivity (Wildman–Crippen MR) is 180 cm³/mol. The van der Waals surface area contributed by atoms with Crippen LogP contribution in [0.25, 0.3) is 11.3 Å². The van der Waals surface area contributed by atoms with Crippen molar-refractivity contribution in [2.45, 2.75) is 103 Å². The molecule has 4 rings (SSSR count). The lowest BCUT2D eigenvalue weighted by molar-refractivity contribution is -0.170. The Balaban J connectivity index is 1.56. The van der Waals surface area contributed by atoms with Gasteiger partial charge in [0.25, 0.3) is 0 Å². The van der Waals surface area contributed by atoms with E-state index in [9.17, 15) is 14.4 Å². The number of cyclic esters (lactones) is 1. The average Bonchev–Trinajstić information content (AvgIpc) is 3.63. The Morgan fingerprint density at radius 1 is 1.17 bits per heavy atom. The highest BCUT2D eigenvalue weighted by atomic mass is 16.6. The van der Waals surface area contributed by atoms with Crippen LogP contribution in [0.3, 0.4) is 0 Å². The number of ketones is 1. The van der Waals surface area contributed by atoms with Gasteiger partial charge in [0.15, 0.2) is 5.60 Å². The molecule has 2 aliphatic heterocycles. The van der Waals surface area contributed by atoms with E-state index in [2.05, 4.69) is 15.6 Å². The molecule has 2 aliphatic rings. The molecule has 2 fully saturated rings. The van der Waals surface area contributed by atoms with E-state index in [-0.39, 0.29) is 18.4 Å². The highest BCUT2D eigenvalue weighted by Gasteiger charge is 2.58. The fraction of sp³-hybridized carbons (Fsp3) is 0.618. The quantitative estimate of drug-likeness (QED) is 0.149. The fourth-order valence-corrected chi connectivity index (χ4v) is 6.88. The Bertz CT molecular complexity index is 1450. The number of esters is 1. The Hall–Kier alpha value is -3.71. The molecule has 2 radical (unpaired) electrons. The zero-order valence-corrected chi connectivity index (χ0v) is 28.6. The van der Waals surface area contributed by atoms with Crippen LogP contribution in [0.15, 0.2) is 42.6 Å². The number of nitrogens with zero attached hydrogens (tertiary/aromatic N) is 4. The molecule has 2 aromatic rings. The minimum Gasteiger partial charge on any atom is -0.458 e. The van der Waals surface area contributed by atoms with Gasteiger partial charge in [0.05, 0.1) is 32.2 Å². The van der Waals surface area contributed by atoms with E-state index in [1.165, 1.54) is 6.92 Å². The summed E-state index contributed by atoms with van der Waals surface area (Å²) in [7, 11) is 8.17. The van der Waals surface area contributed by atoms with Crippen LogP contribution in [0, 0.1) is 11.8 Å². The van der Waals surface area contributed by atoms with Crippen LogP contribution in [0.2, 0.25) is 5.82 Å². The molecule has 254 valence electrons. The van der Waals surface area contributed by atoms with Crippen molar-refractivity contribution in [1.82, 2.24) is 25.2 Å². The summed E-state index contributed by atoms with van der Waals surface area (Å²) in [5, 5.41) is 12.0. The van der Waals surface area contributed by atoms with Crippen molar-refractivity contribution in [3.8, 4) is 11.3 Å². The molecule has 0 aliphatic carbocycles. The Morgan fingerprint density at radius 3 is 2.57 bits per heavy atom. The van der Waals surface area contributed by atoms with E-state index in [1.54, 1.807) is 30.5 Å². The number of amides is 1. The average molecular weight is 649 g/mol. The van der Waals surface area contributed by atoms with Crippen molar-refractivity contribution >= 4 is 31.4 Å². The van der Waals surface area contributed by atoms with Gasteiger partial charge in [-0.15, -0.1) is 5.10 Å². The van der Waals surface area contributed by atoms with E-state index in [4.69, 9.17) is 27.8 Å². The summed E-state index contributed by atoms with van der Waals surface area (Å²) in [5.74, 6) is -3.31. The highest BCUT2D eigenvalue weighted by Crippen LogP contribution is 2.40. The topological polar surface area (TPSA) is 151 Å². The van der Waals surface area contributed by atoms with Crippen molar-refractivity contribution in [3.63, 3.8) is 0 Å². The number of methoxy groups -OCH3 is 1. The van der Waals surface area contributed by atoms with Crippen molar-refractivity contribution in [1.29, 1.82) is 0 Å². The molecule has 0 unspecified atom stereocenters. The summed E-state index contributed by atoms with van der Waals surface area (Å²) in [6, 6.07) is 6.71. The molecule has 0 saturated carbocycles. The van der Waals surface area contributed by atoms with Crippen LogP contribution in [0.1, 0.15) is 60.8 Å². The Kier molecular flexibility index (Phi) is 11.5. The van der Waals surface area contributed by atoms with Gasteiger partial charge in [-0.05, 0) is 71.5 Å². The monoisotopic (exact) mass is 648 g/mol. The van der Waals surface area contributed by atoms with Gasteiger partial charge in [0, 0.05) is 36.9 Å². The number of rotatable bonds is 7. The van der Waals surface area contributed by atoms with Gasteiger partial charge in [-0.3, -0.25) is 14.5 Å². The lowest BCUT2D eigenvalue weighted by atomic mass is 9.63. The van der Waals surface area contributed by atoms with E-state index in [1.807, 2.05) is 63.4 Å². The number of nitrogens with one attached hydrogen (secondary N) is 1. The third-order valence-corrected chi connectivity index (χ3v) is 9.94. The first-order valence-electron chi connectivity index (χ1n) is 16.4. The number of ether oxygens (including phenoxy) is 3. The molecule has 0 spiro atoms. The molecule has 8 atom stereocenters. The molecule has 1 aromatic heterocycles. The molecule has 3 heterocycles. The van der Waals surface area contributed by atoms with Gasteiger partial charge in [-0.1, -0.05) is 43.3 Å². The number of hydrogen-bond acceptors (Lipinski definition) is 10. The molecule has 3 N–H and O–H groups in total. The van der Waals surface area contributed by atoms with E-state index < -0.39 is 53.1 Å². The van der Waals surface area contributed by atoms with E-state index in [0.29, 0.717) is 43.7 Å². The number of Topliss-reactive ketones (excluding diaryl/α,β-unsaturated/α-hetero) is 1. The number of nitrogens with two attached hydrogens (primary N) is 1. The molecule has 0 bridgehead atoms. The van der Waals surface area contributed by atoms with Crippen LogP contribution < -0.4 is 11.1 Å². The number of allylic oxidation sites excluding steroid dienone is 1. The highest BCUT2D eigenvalue weighted by molar-refractivity contribution is 6.15. The summed E-state index contributed by atoms with van der Waals surface area (Å²) in [6.45, 7) is 12.1. The molecular formula is C34H49BN6O6. The fourth-order valence-electron chi connectivity index (χ4n) is 6.88. The van der Waals surface area contributed by atoms with Gasteiger partial charge in [-0.25, -0.2) is 9.48 Å². The third-order valence-electron chi connectivity index (χ3n) is 9.94. The second-order valence-electron chi connectivity index (χ2n) is 13.2. The summed E-state index contributed by atoms with van der Waals surface area (Å²) in [5.41, 5.74) is 6.16. The second kappa shape index (κ2) is 15.0. The van der Waals surface area contributed by atoms with Gasteiger partial charge < -0.3 is 25.3 Å². The third kappa shape index (κ3) is 7.72. The predicted octanol–water partition coefficient (Wildman–Crippen LogP) is 3.96. The smallest absolute Gasteiger partial charge is 0.411 e. The lowest BCUT2D eigenvalue weighted by Crippen LogP contribution is -2.60. The van der Waals surface area contributed by atoms with Gasteiger partial charge >= 0.3 is 12.1 Å². The summed E-state index contributed by atoms with van der Waals surface area (Å²) in [4.78, 5) is 42.0. The SMILES string of the molecule is [B][C@@H]1[C@@H](C)C(=O)[C@@H](C)C(=O)O[C@H](CC)[C@@]2(C)OC(=O)N(C/C=C/Cn3cc(-c4cccc(N)c4)nn3)[C@@H]2[C@H](C)NCCC[C@@]1(C)OC. The number of carbonyl (C=O) groups is 3. The first kappa shape index (κ1) is 36.1. The number of anilines is 1. The van der Waals surface area contributed by atoms with Crippen molar-refractivity contribution in [3.05, 3.63) is 42.6 Å². The Morgan fingerprint density at radius 2 is 1.89 bits per heavy atom. The molecule has 47 heavy (non-hydrogen) atoms. The van der Waals surface area contributed by atoms with Gasteiger partial charge in [0.2, 0.25) is 0 Å². The standard InChI is InChI=1S/C34H49BN6O6/c1-8-27-34(6)30(23(4)37-16-12-15-33(5,45-7)29(35)21(2)28(42)22(3)31(43)46-27)41(32(44)47-34)18-10-9-17-40-20-26(38-39-40)24-13-11-14-25(36)19-24/h9-11,13-14,19-23,27,29-30,37H,8,12,15-18,36H2,1-7H3/b10-9+/t21-,22+,23-,27+,29+,30+,33+,34+/m0/s1. The van der Waals surface area contributed by atoms with Crippen LogP contribution >= 0.6 is 0 Å². The van der Waals surface area contributed by atoms with Crippen molar-refractivity contribution < 1.29 is 28.6 Å². The summed E-state index contributed by atoms with van der Waals surface area (Å²) in [6.07, 6.45) is 6.00. The number of nitrogen functional groups attached to an aromatic ring is 1. The largest absolute Gasteiger partial charge is 0.458 e. The normalized spacial score (nSPS) is 32.8. The molecule has 2 saturated heterocycles. The maximum absolute atomic E-state index is 13.5. The maximum Gasteiger partial charge on any atom is 0.411 e. The summed E-state index contributed by atoms with van der Waals surface area (Å²) >= 11 is 0. The van der Waals surface area contributed by atoms with Crippen LogP contribution in [-0.2, 0) is 30.3 Å². The number of hydrogen-bond donors (Lipinski definition) is 2. The number of benzene rings is 1. The van der Waals surface area contributed by atoms with Crippen molar-refractivity contribution in [2.75, 3.05) is 25.9 Å². The molecule has 13 heteroatoms. The first-order valence-corrected chi connectivity index (χ1v) is 16.4. The maximum atomic E-state index is 13.5. The minimum atomic E-state index is -1.19. The van der Waals surface area contributed by atoms with E-state index >= 15 is 0 Å². The number of carbonyl (C=O) groups excluding carboxylic acids is 3. The minimum absolute atomic E-state index is 0.241. The molecule has 1 aromatic carbocycles. The molecular weight excluding hydrogens is 599 g/mol. The van der Waals surface area contributed by atoms with Crippen molar-refractivity contribution in [2.24, 2.45) is 11.8 Å². The van der Waals surface area contributed by atoms with Crippen LogP contribution in [0.4, 0.5) is 10.5 Å².